The molecule has 2 aliphatic rings. The van der Waals surface area contributed by atoms with Crippen LogP contribution in [-0.4, -0.2) is 78.8 Å². The van der Waals surface area contributed by atoms with Crippen molar-refractivity contribution in [3.05, 3.63) is 41.5 Å². The Morgan fingerprint density at radius 1 is 1.00 bits per heavy atom. The number of ketones is 1. The monoisotopic (exact) mass is 450 g/mol. The van der Waals surface area contributed by atoms with Crippen LogP contribution in [0.3, 0.4) is 0 Å². The number of ether oxygens (including phenoxy) is 3. The average molecular weight is 450 g/mol. The molecule has 6 atom stereocenters. The first-order chi connectivity index (χ1) is 15.2. The van der Waals surface area contributed by atoms with Gasteiger partial charge < -0.3 is 50.0 Å². The SMILES string of the molecule is O=C1CC(c2ccc(O)cc2)Oc2c(O)c(O)cc(O[C@@H]3O[C@H](CO)[C@@H](O)[C@@H](O)[C@H]3O)c21. The molecular formula is C21H22O11. The van der Waals surface area contributed by atoms with Crippen molar-refractivity contribution >= 4 is 5.78 Å². The summed E-state index contributed by atoms with van der Waals surface area (Å²) in [4.78, 5) is 12.9. The van der Waals surface area contributed by atoms with Crippen molar-refractivity contribution < 1.29 is 54.8 Å². The number of hydrogen-bond acceptors (Lipinski definition) is 11. The van der Waals surface area contributed by atoms with Gasteiger partial charge in [0.15, 0.2) is 17.3 Å². The smallest absolute Gasteiger partial charge is 0.229 e. The molecule has 11 nitrogen and oxygen atoms in total. The van der Waals surface area contributed by atoms with Crippen molar-refractivity contribution in [2.45, 2.75) is 43.2 Å². The molecule has 1 unspecified atom stereocenters. The molecule has 0 saturated carbocycles. The van der Waals surface area contributed by atoms with Gasteiger partial charge in [-0.15, -0.1) is 0 Å². The van der Waals surface area contributed by atoms with E-state index in [1.54, 1.807) is 12.1 Å². The van der Waals surface area contributed by atoms with Crippen LogP contribution in [0.15, 0.2) is 30.3 Å². The number of carbonyl (C=O) groups is 1. The summed E-state index contributed by atoms with van der Waals surface area (Å²) < 4.78 is 16.6. The van der Waals surface area contributed by atoms with Crippen molar-refractivity contribution in [3.8, 4) is 28.7 Å². The largest absolute Gasteiger partial charge is 0.508 e. The second-order valence-corrected chi connectivity index (χ2v) is 7.59. The summed E-state index contributed by atoms with van der Waals surface area (Å²) in [5.41, 5.74) is 0.327. The molecule has 0 radical (unpaired) electrons. The van der Waals surface area contributed by atoms with Gasteiger partial charge >= 0.3 is 0 Å². The number of phenols is 3. The molecule has 0 aliphatic carbocycles. The Kier molecular flexibility index (Phi) is 5.84. The fraction of sp³-hybridized carbons (Fsp3) is 0.381. The summed E-state index contributed by atoms with van der Waals surface area (Å²) in [6, 6.07) is 6.84. The molecule has 1 fully saturated rings. The van der Waals surface area contributed by atoms with E-state index in [1.807, 2.05) is 0 Å². The lowest BCUT2D eigenvalue weighted by Gasteiger charge is -2.40. The zero-order valence-electron chi connectivity index (χ0n) is 16.5. The maximum atomic E-state index is 12.9. The molecule has 2 heterocycles. The van der Waals surface area contributed by atoms with Gasteiger partial charge in [0.1, 0.15) is 47.6 Å². The van der Waals surface area contributed by atoms with Crippen molar-refractivity contribution in [1.29, 1.82) is 0 Å². The third kappa shape index (κ3) is 3.80. The van der Waals surface area contributed by atoms with E-state index in [0.717, 1.165) is 6.07 Å². The molecule has 172 valence electrons. The van der Waals surface area contributed by atoms with Crippen molar-refractivity contribution in [2.24, 2.45) is 0 Å². The molecule has 0 spiro atoms. The third-order valence-electron chi connectivity index (χ3n) is 5.47. The van der Waals surface area contributed by atoms with Crippen LogP contribution in [0.2, 0.25) is 0 Å². The Bertz CT molecular complexity index is 1000. The number of benzene rings is 2. The Labute approximate surface area is 181 Å². The number of aliphatic hydroxyl groups excluding tert-OH is 4. The van der Waals surface area contributed by atoms with Gasteiger partial charge in [-0.1, -0.05) is 12.1 Å². The first-order valence-electron chi connectivity index (χ1n) is 9.76. The highest BCUT2D eigenvalue weighted by molar-refractivity contribution is 6.04. The standard InChI is InChI=1S/C21H22O11/c22-7-14-17(27)18(28)19(29)21(32-14)31-13-6-11(25)16(26)20-15(13)10(24)5-12(30-20)8-1-3-9(23)4-2-8/h1-4,6,12,14,17-19,21-23,25-29H,5,7H2/t12?,14-,17-,18-,19-,21-/m1/s1. The number of hydrogen-bond donors (Lipinski definition) is 7. The number of Topliss-reactive ketones (excluding diaryl/α,β-unsaturated/α-hetero) is 1. The molecule has 0 aromatic heterocycles. The highest BCUT2D eigenvalue weighted by Gasteiger charge is 2.45. The molecule has 2 aliphatic heterocycles. The topological polar surface area (TPSA) is 186 Å². The Morgan fingerprint density at radius 3 is 2.34 bits per heavy atom. The number of rotatable bonds is 4. The summed E-state index contributed by atoms with van der Waals surface area (Å²) in [6.07, 6.45) is -8.89. The van der Waals surface area contributed by atoms with Gasteiger partial charge in [0.2, 0.25) is 12.0 Å². The van der Waals surface area contributed by atoms with Gasteiger partial charge in [-0.2, -0.15) is 0 Å². The average Bonchev–Trinajstić information content (AvgIpc) is 2.77. The molecular weight excluding hydrogens is 428 g/mol. The Hall–Kier alpha value is -3.09. The molecule has 2 aromatic carbocycles. The minimum Gasteiger partial charge on any atom is -0.508 e. The minimum atomic E-state index is -1.75. The lowest BCUT2D eigenvalue weighted by atomic mass is 9.94. The molecule has 32 heavy (non-hydrogen) atoms. The van der Waals surface area contributed by atoms with E-state index in [2.05, 4.69) is 0 Å². The molecule has 4 rings (SSSR count). The molecule has 2 aromatic rings. The van der Waals surface area contributed by atoms with E-state index >= 15 is 0 Å². The van der Waals surface area contributed by atoms with Crippen LogP contribution in [-0.2, 0) is 4.74 Å². The lowest BCUT2D eigenvalue weighted by molar-refractivity contribution is -0.277. The second kappa shape index (κ2) is 8.45. The molecule has 0 amide bonds. The van der Waals surface area contributed by atoms with Crippen LogP contribution in [0.1, 0.15) is 28.4 Å². The summed E-state index contributed by atoms with van der Waals surface area (Å²) in [6.45, 7) is -0.680. The number of aliphatic hydroxyl groups is 4. The third-order valence-corrected chi connectivity index (χ3v) is 5.47. The van der Waals surface area contributed by atoms with Crippen molar-refractivity contribution in [3.63, 3.8) is 0 Å². The predicted molar refractivity (Wildman–Crippen MR) is 105 cm³/mol. The van der Waals surface area contributed by atoms with E-state index in [9.17, 15) is 40.5 Å². The fourth-order valence-electron chi connectivity index (χ4n) is 3.70. The number of aromatic hydroxyl groups is 3. The van der Waals surface area contributed by atoms with Gasteiger partial charge in [-0.25, -0.2) is 0 Å². The molecule has 7 N–H and O–H groups in total. The maximum Gasteiger partial charge on any atom is 0.229 e. The van der Waals surface area contributed by atoms with Gasteiger partial charge in [0.25, 0.3) is 0 Å². The van der Waals surface area contributed by atoms with Gasteiger partial charge in [-0.05, 0) is 17.7 Å². The van der Waals surface area contributed by atoms with E-state index < -0.39 is 60.7 Å². The minimum absolute atomic E-state index is 0.0204. The van der Waals surface area contributed by atoms with E-state index in [-0.39, 0.29) is 29.2 Å². The quantitative estimate of drug-likeness (QED) is 0.303. The summed E-state index contributed by atoms with van der Waals surface area (Å²) in [5, 5.41) is 69.3. The zero-order valence-corrected chi connectivity index (χ0v) is 16.5. The summed E-state index contributed by atoms with van der Waals surface area (Å²) >= 11 is 0. The lowest BCUT2D eigenvalue weighted by Crippen LogP contribution is -2.60. The number of phenolic OH excluding ortho intramolecular Hbond substituents is 3. The van der Waals surface area contributed by atoms with Crippen LogP contribution >= 0.6 is 0 Å². The first-order valence-corrected chi connectivity index (χ1v) is 9.76. The van der Waals surface area contributed by atoms with Crippen LogP contribution in [0.4, 0.5) is 0 Å². The van der Waals surface area contributed by atoms with Crippen molar-refractivity contribution in [2.75, 3.05) is 6.61 Å². The van der Waals surface area contributed by atoms with Crippen LogP contribution < -0.4 is 9.47 Å². The van der Waals surface area contributed by atoms with Crippen LogP contribution in [0, 0.1) is 0 Å². The molecule has 11 heteroatoms. The molecule has 0 bridgehead atoms. The molecule has 1 saturated heterocycles. The highest BCUT2D eigenvalue weighted by atomic mass is 16.7. The summed E-state index contributed by atoms with van der Waals surface area (Å²) in [5.74, 6) is -2.51. The zero-order chi connectivity index (χ0) is 23.2. The van der Waals surface area contributed by atoms with E-state index in [1.165, 1.54) is 12.1 Å². The number of carbonyl (C=O) groups excluding carboxylic acids is 1. The fourth-order valence-corrected chi connectivity index (χ4v) is 3.70. The maximum absolute atomic E-state index is 12.9. The van der Waals surface area contributed by atoms with Crippen molar-refractivity contribution in [1.82, 2.24) is 0 Å². The second-order valence-electron chi connectivity index (χ2n) is 7.59. The predicted octanol–water partition coefficient (Wildman–Crippen LogP) is -0.311. The highest BCUT2D eigenvalue weighted by Crippen LogP contribution is 2.49. The van der Waals surface area contributed by atoms with Gasteiger partial charge in [0.05, 0.1) is 13.0 Å². The summed E-state index contributed by atoms with van der Waals surface area (Å²) in [7, 11) is 0. The van der Waals surface area contributed by atoms with Crippen LogP contribution in [0.5, 0.6) is 28.7 Å². The van der Waals surface area contributed by atoms with Gasteiger partial charge in [-0.3, -0.25) is 4.79 Å². The normalized spacial score (nSPS) is 29.8. The Balaban J connectivity index is 1.67. The first kappa shape index (κ1) is 22.1. The van der Waals surface area contributed by atoms with E-state index in [0.29, 0.717) is 5.56 Å². The van der Waals surface area contributed by atoms with E-state index in [4.69, 9.17) is 14.2 Å². The Morgan fingerprint density at radius 2 is 1.69 bits per heavy atom. The van der Waals surface area contributed by atoms with Crippen LogP contribution in [0.25, 0.3) is 0 Å². The number of fused-ring (bicyclic) bond motifs is 1. The van der Waals surface area contributed by atoms with Gasteiger partial charge in [0, 0.05) is 6.07 Å².